The number of nitrogen functional groups attached to an aromatic ring is 1. The van der Waals surface area contributed by atoms with Crippen molar-refractivity contribution in [2.24, 2.45) is 0 Å². The van der Waals surface area contributed by atoms with E-state index in [1.807, 2.05) is 0 Å². The van der Waals surface area contributed by atoms with Gasteiger partial charge in [-0.25, -0.2) is 8.78 Å². The van der Waals surface area contributed by atoms with E-state index in [-0.39, 0.29) is 29.7 Å². The van der Waals surface area contributed by atoms with Gasteiger partial charge in [-0.15, -0.1) is 0 Å². The Morgan fingerprint density at radius 1 is 1.26 bits per heavy atom. The van der Waals surface area contributed by atoms with Crippen LogP contribution in [0.4, 0.5) is 14.6 Å². The van der Waals surface area contributed by atoms with Gasteiger partial charge in [0.25, 0.3) is 5.92 Å². The van der Waals surface area contributed by atoms with Crippen LogP contribution in [0.2, 0.25) is 0 Å². The number of aromatic nitrogens is 1. The van der Waals surface area contributed by atoms with Crippen molar-refractivity contribution in [1.82, 2.24) is 5.16 Å². The van der Waals surface area contributed by atoms with Crippen molar-refractivity contribution in [3.63, 3.8) is 0 Å². The molecule has 1 aliphatic rings. The van der Waals surface area contributed by atoms with Gasteiger partial charge >= 0.3 is 0 Å². The molecule has 0 saturated heterocycles. The molecule has 0 fully saturated rings. The second kappa shape index (κ2) is 3.84. The molecule has 0 spiro atoms. The number of anilines is 1. The first-order chi connectivity index (χ1) is 8.95. The SMILES string of the molecule is CC(F)(F)c1cc2c(c(-c3cc(N)no3)c1)OCO2. The average molecular weight is 268 g/mol. The van der Waals surface area contributed by atoms with Gasteiger partial charge in [0.2, 0.25) is 6.79 Å². The van der Waals surface area contributed by atoms with E-state index in [4.69, 9.17) is 19.7 Å². The maximum absolute atomic E-state index is 13.5. The van der Waals surface area contributed by atoms with Crippen molar-refractivity contribution in [2.75, 3.05) is 12.5 Å². The molecule has 0 radical (unpaired) electrons. The summed E-state index contributed by atoms with van der Waals surface area (Å²) in [6, 6.07) is 3.98. The van der Waals surface area contributed by atoms with E-state index >= 15 is 0 Å². The topological polar surface area (TPSA) is 70.5 Å². The molecular formula is C12H10F2N2O3. The summed E-state index contributed by atoms with van der Waals surface area (Å²) in [6.07, 6.45) is 0. The van der Waals surface area contributed by atoms with E-state index < -0.39 is 5.92 Å². The van der Waals surface area contributed by atoms with Crippen molar-refractivity contribution in [3.8, 4) is 22.8 Å². The molecular weight excluding hydrogens is 258 g/mol. The normalized spacial score (nSPS) is 13.8. The largest absolute Gasteiger partial charge is 0.454 e. The number of alkyl halides is 2. The van der Waals surface area contributed by atoms with Gasteiger partial charge in [0.05, 0.1) is 5.56 Å². The van der Waals surface area contributed by atoms with Crippen molar-refractivity contribution in [3.05, 3.63) is 23.8 Å². The number of hydrogen-bond acceptors (Lipinski definition) is 5. The average Bonchev–Trinajstić information content (AvgIpc) is 2.94. The second-order valence-electron chi connectivity index (χ2n) is 4.26. The minimum Gasteiger partial charge on any atom is -0.454 e. The van der Waals surface area contributed by atoms with E-state index in [0.29, 0.717) is 11.3 Å². The third-order valence-electron chi connectivity index (χ3n) is 2.77. The van der Waals surface area contributed by atoms with Crippen LogP contribution >= 0.6 is 0 Å². The Labute approximate surface area is 106 Å². The summed E-state index contributed by atoms with van der Waals surface area (Å²) < 4.78 is 42.3. The summed E-state index contributed by atoms with van der Waals surface area (Å²) in [6.45, 7) is 0.785. The summed E-state index contributed by atoms with van der Waals surface area (Å²) in [5, 5.41) is 3.53. The minimum atomic E-state index is -3.00. The summed E-state index contributed by atoms with van der Waals surface area (Å²) in [5.41, 5.74) is 5.61. The predicted molar refractivity (Wildman–Crippen MR) is 62.0 cm³/mol. The first-order valence-corrected chi connectivity index (χ1v) is 5.49. The van der Waals surface area contributed by atoms with Crippen LogP contribution in [-0.2, 0) is 5.92 Å². The predicted octanol–water partition coefficient (Wildman–Crippen LogP) is 2.76. The quantitative estimate of drug-likeness (QED) is 0.906. The molecule has 2 heterocycles. The third kappa shape index (κ3) is 1.96. The molecule has 1 aliphatic heterocycles. The van der Waals surface area contributed by atoms with Gasteiger partial charge in [0.15, 0.2) is 23.1 Å². The first kappa shape index (κ1) is 11.8. The molecule has 2 N–H and O–H groups in total. The highest BCUT2D eigenvalue weighted by Crippen LogP contribution is 2.45. The number of halogens is 2. The van der Waals surface area contributed by atoms with Gasteiger partial charge in [-0.05, 0) is 12.1 Å². The number of rotatable bonds is 2. The lowest BCUT2D eigenvalue weighted by molar-refractivity contribution is 0.0173. The van der Waals surface area contributed by atoms with Gasteiger partial charge in [-0.1, -0.05) is 5.16 Å². The van der Waals surface area contributed by atoms with Crippen LogP contribution in [-0.4, -0.2) is 11.9 Å². The molecule has 19 heavy (non-hydrogen) atoms. The van der Waals surface area contributed by atoms with Gasteiger partial charge in [-0.2, -0.15) is 0 Å². The zero-order valence-electron chi connectivity index (χ0n) is 9.94. The van der Waals surface area contributed by atoms with Crippen molar-refractivity contribution < 1.29 is 22.8 Å². The van der Waals surface area contributed by atoms with Crippen LogP contribution in [0.15, 0.2) is 22.7 Å². The highest BCUT2D eigenvalue weighted by atomic mass is 19.3. The van der Waals surface area contributed by atoms with Crippen LogP contribution in [0, 0.1) is 0 Å². The number of benzene rings is 1. The van der Waals surface area contributed by atoms with Crippen molar-refractivity contribution in [2.45, 2.75) is 12.8 Å². The highest BCUT2D eigenvalue weighted by molar-refractivity contribution is 5.73. The number of fused-ring (bicyclic) bond motifs is 1. The first-order valence-electron chi connectivity index (χ1n) is 5.49. The maximum Gasteiger partial charge on any atom is 0.270 e. The molecule has 1 aromatic heterocycles. The number of nitrogens with zero attached hydrogens (tertiary/aromatic N) is 1. The monoisotopic (exact) mass is 268 g/mol. The van der Waals surface area contributed by atoms with Gasteiger partial charge in [0.1, 0.15) is 0 Å². The van der Waals surface area contributed by atoms with E-state index in [1.54, 1.807) is 0 Å². The number of ether oxygens (including phenoxy) is 2. The lowest BCUT2D eigenvalue weighted by atomic mass is 10.0. The molecule has 1 aromatic carbocycles. The highest BCUT2D eigenvalue weighted by Gasteiger charge is 2.30. The third-order valence-corrected chi connectivity index (χ3v) is 2.77. The fourth-order valence-electron chi connectivity index (χ4n) is 1.86. The summed E-state index contributed by atoms with van der Waals surface area (Å²) >= 11 is 0. The zero-order valence-corrected chi connectivity index (χ0v) is 9.94. The Hall–Kier alpha value is -2.31. The lowest BCUT2D eigenvalue weighted by Gasteiger charge is -2.13. The smallest absolute Gasteiger partial charge is 0.270 e. The Balaban J connectivity index is 2.20. The number of nitrogens with two attached hydrogens (primary N) is 1. The van der Waals surface area contributed by atoms with E-state index in [2.05, 4.69) is 5.16 Å². The van der Waals surface area contributed by atoms with E-state index in [1.165, 1.54) is 18.2 Å². The lowest BCUT2D eigenvalue weighted by Crippen LogP contribution is -2.07. The standard InChI is InChI=1S/C12H10F2N2O3/c1-12(13,14)6-2-7(8-4-10(15)16-19-8)11-9(3-6)17-5-18-11/h2-4H,5H2,1H3,(H2,15,16). The maximum atomic E-state index is 13.5. The molecule has 5 nitrogen and oxygen atoms in total. The molecule has 3 rings (SSSR count). The van der Waals surface area contributed by atoms with Gasteiger partial charge in [0, 0.05) is 18.6 Å². The molecule has 0 amide bonds. The molecule has 0 bridgehead atoms. The molecule has 100 valence electrons. The second-order valence-corrected chi connectivity index (χ2v) is 4.26. The Kier molecular flexibility index (Phi) is 2.38. The Bertz CT molecular complexity index is 634. The molecule has 7 heteroatoms. The Morgan fingerprint density at radius 3 is 2.68 bits per heavy atom. The van der Waals surface area contributed by atoms with Crippen LogP contribution in [0.25, 0.3) is 11.3 Å². The van der Waals surface area contributed by atoms with E-state index in [9.17, 15) is 8.78 Å². The molecule has 0 atom stereocenters. The summed E-state index contributed by atoms with van der Waals surface area (Å²) in [5.74, 6) is -1.98. The molecule has 0 unspecified atom stereocenters. The van der Waals surface area contributed by atoms with Crippen LogP contribution in [0.3, 0.4) is 0 Å². The molecule has 0 saturated carbocycles. The van der Waals surface area contributed by atoms with E-state index in [0.717, 1.165) is 6.92 Å². The van der Waals surface area contributed by atoms with Crippen LogP contribution in [0.1, 0.15) is 12.5 Å². The van der Waals surface area contributed by atoms with Gasteiger partial charge in [-0.3, -0.25) is 0 Å². The fourth-order valence-corrected chi connectivity index (χ4v) is 1.86. The fraction of sp³-hybridized carbons (Fsp3) is 0.250. The summed E-state index contributed by atoms with van der Waals surface area (Å²) in [4.78, 5) is 0. The zero-order chi connectivity index (χ0) is 13.6. The molecule has 2 aromatic rings. The van der Waals surface area contributed by atoms with Crippen LogP contribution in [0.5, 0.6) is 11.5 Å². The van der Waals surface area contributed by atoms with Crippen molar-refractivity contribution >= 4 is 5.82 Å². The molecule has 0 aliphatic carbocycles. The van der Waals surface area contributed by atoms with Crippen molar-refractivity contribution in [1.29, 1.82) is 0 Å². The summed E-state index contributed by atoms with van der Waals surface area (Å²) in [7, 11) is 0. The Morgan fingerprint density at radius 2 is 2.05 bits per heavy atom. The van der Waals surface area contributed by atoms with Gasteiger partial charge < -0.3 is 19.7 Å². The van der Waals surface area contributed by atoms with Crippen LogP contribution < -0.4 is 15.2 Å². The number of hydrogen-bond donors (Lipinski definition) is 1. The minimum absolute atomic E-state index is 0.0231.